The molecule has 0 aliphatic heterocycles. The molecule has 0 spiro atoms. The van der Waals surface area contributed by atoms with Crippen molar-refractivity contribution >= 4 is 53.1 Å². The van der Waals surface area contributed by atoms with E-state index in [1.165, 1.54) is 0 Å². The van der Waals surface area contributed by atoms with E-state index in [1.807, 2.05) is 36.7 Å². The predicted molar refractivity (Wildman–Crippen MR) is 106 cm³/mol. The van der Waals surface area contributed by atoms with Crippen LogP contribution in [0.1, 0.15) is 18.4 Å². The van der Waals surface area contributed by atoms with Gasteiger partial charge in [0.2, 0.25) is 0 Å². The Morgan fingerprint density at radius 1 is 1.35 bits per heavy atom. The minimum Gasteiger partial charge on any atom is -0.469 e. The fourth-order valence-electron chi connectivity index (χ4n) is 2.00. The van der Waals surface area contributed by atoms with Crippen LogP contribution in [0.5, 0.6) is 0 Å². The van der Waals surface area contributed by atoms with Crippen molar-refractivity contribution in [2.75, 3.05) is 13.1 Å². The Bertz CT molecular complexity index is 626. The molecule has 0 saturated carbocycles. The zero-order valence-corrected chi connectivity index (χ0v) is 16.9. The smallest absolute Gasteiger partial charge is 0.191 e. The first kappa shape index (κ1) is 20.2. The van der Waals surface area contributed by atoms with Crippen molar-refractivity contribution in [3.05, 3.63) is 46.1 Å². The Labute approximate surface area is 163 Å². The van der Waals surface area contributed by atoms with Gasteiger partial charge in [0.1, 0.15) is 10.9 Å². The Kier molecular flexibility index (Phi) is 8.86. The molecular weight excluding hydrogens is 450 g/mol. The van der Waals surface area contributed by atoms with Crippen LogP contribution in [-0.4, -0.2) is 23.6 Å². The van der Waals surface area contributed by atoms with Crippen molar-refractivity contribution in [2.24, 2.45) is 12.0 Å². The van der Waals surface area contributed by atoms with Crippen LogP contribution in [0, 0.1) is 0 Å². The van der Waals surface area contributed by atoms with Crippen molar-refractivity contribution in [1.29, 1.82) is 0 Å². The first-order valence-corrected chi connectivity index (χ1v) is 7.91. The summed E-state index contributed by atoms with van der Waals surface area (Å²) in [5, 5.41) is 7.56. The van der Waals surface area contributed by atoms with Crippen LogP contribution in [0.3, 0.4) is 0 Å². The lowest BCUT2D eigenvalue weighted by molar-refractivity contribution is 0.507. The van der Waals surface area contributed by atoms with E-state index in [0.29, 0.717) is 16.7 Å². The fourth-order valence-corrected chi connectivity index (χ4v) is 2.42. The van der Waals surface area contributed by atoms with Crippen LogP contribution in [0.25, 0.3) is 0 Å². The summed E-state index contributed by atoms with van der Waals surface area (Å²) in [6.07, 6.45) is 2.48. The molecule has 0 aromatic carbocycles. The van der Waals surface area contributed by atoms with E-state index in [0.717, 1.165) is 36.9 Å². The number of nitrogens with one attached hydrogen (secondary N) is 2. The summed E-state index contributed by atoms with van der Waals surface area (Å²) >= 11 is 12.1. The maximum Gasteiger partial charge on any atom is 0.191 e. The van der Waals surface area contributed by atoms with E-state index in [4.69, 9.17) is 27.6 Å². The predicted octanol–water partition coefficient (Wildman–Crippen LogP) is 3.84. The van der Waals surface area contributed by atoms with Gasteiger partial charge in [-0.2, -0.15) is 0 Å². The second-order valence-electron chi connectivity index (χ2n) is 4.78. The third-order valence-electron chi connectivity index (χ3n) is 3.20. The molecule has 0 unspecified atom stereocenters. The molecule has 0 aliphatic carbocycles. The normalized spacial score (nSPS) is 11.2. The molecule has 0 saturated heterocycles. The van der Waals surface area contributed by atoms with Crippen LogP contribution in [0.15, 0.2) is 33.9 Å². The highest BCUT2D eigenvalue weighted by molar-refractivity contribution is 14.0. The van der Waals surface area contributed by atoms with Crippen LogP contribution in [0.4, 0.5) is 0 Å². The lowest BCUT2D eigenvalue weighted by Gasteiger charge is -2.11. The highest BCUT2D eigenvalue weighted by atomic mass is 127. The third kappa shape index (κ3) is 5.93. The number of rotatable bonds is 6. The standard InChI is InChI=1S/C15H20Cl2N4O.HI/c1-3-18-15(19-7-6-12-5-4-8-22-12)20-10-11-9-13(16)14(17)21(11)2;/h4-5,8-9H,3,6-7,10H2,1-2H3,(H2,18,19,20);1H. The summed E-state index contributed by atoms with van der Waals surface area (Å²) in [7, 11) is 1.87. The third-order valence-corrected chi connectivity index (χ3v) is 4.05. The molecule has 2 aromatic heterocycles. The van der Waals surface area contributed by atoms with Crippen molar-refractivity contribution in [1.82, 2.24) is 15.2 Å². The van der Waals surface area contributed by atoms with Gasteiger partial charge in [0.05, 0.1) is 17.8 Å². The molecule has 0 bridgehead atoms. The van der Waals surface area contributed by atoms with E-state index < -0.39 is 0 Å². The van der Waals surface area contributed by atoms with Gasteiger partial charge in [-0.05, 0) is 25.1 Å². The van der Waals surface area contributed by atoms with Crippen molar-refractivity contribution < 1.29 is 4.42 Å². The number of hydrogen-bond donors (Lipinski definition) is 2. The average molecular weight is 471 g/mol. The summed E-state index contributed by atoms with van der Waals surface area (Å²) in [5.74, 6) is 1.70. The second-order valence-corrected chi connectivity index (χ2v) is 5.55. The van der Waals surface area contributed by atoms with Gasteiger partial charge in [0.25, 0.3) is 0 Å². The van der Waals surface area contributed by atoms with Crippen LogP contribution >= 0.6 is 47.2 Å². The molecule has 2 heterocycles. The first-order valence-electron chi connectivity index (χ1n) is 7.16. The largest absolute Gasteiger partial charge is 0.469 e. The highest BCUT2D eigenvalue weighted by Gasteiger charge is 2.08. The zero-order chi connectivity index (χ0) is 15.9. The molecule has 8 heteroatoms. The van der Waals surface area contributed by atoms with Gasteiger partial charge in [0.15, 0.2) is 5.96 Å². The molecular formula is C15H21Cl2IN4O. The molecule has 2 aromatic rings. The molecule has 0 aliphatic rings. The molecule has 128 valence electrons. The van der Waals surface area contributed by atoms with E-state index >= 15 is 0 Å². The molecule has 0 radical (unpaired) electrons. The van der Waals surface area contributed by atoms with Gasteiger partial charge in [-0.3, -0.25) is 0 Å². The maximum atomic E-state index is 6.06. The summed E-state index contributed by atoms with van der Waals surface area (Å²) < 4.78 is 7.14. The van der Waals surface area contributed by atoms with E-state index in [9.17, 15) is 0 Å². The Morgan fingerprint density at radius 3 is 2.70 bits per heavy atom. The SMILES string of the molecule is CCNC(=NCc1cc(Cl)c(Cl)n1C)NCCc1ccco1.I. The lowest BCUT2D eigenvalue weighted by atomic mass is 10.3. The molecule has 0 fully saturated rings. The summed E-state index contributed by atoms with van der Waals surface area (Å²) in [6.45, 7) is 4.06. The summed E-state index contributed by atoms with van der Waals surface area (Å²) in [6, 6.07) is 5.68. The minimum atomic E-state index is 0. The zero-order valence-electron chi connectivity index (χ0n) is 13.1. The Balaban J connectivity index is 0.00000264. The molecule has 0 atom stereocenters. The number of aliphatic imine (C=N–C) groups is 1. The Hall–Kier alpha value is -0.860. The van der Waals surface area contributed by atoms with Crippen molar-refractivity contribution in [3.8, 4) is 0 Å². The van der Waals surface area contributed by atoms with E-state index in [-0.39, 0.29) is 24.0 Å². The minimum absolute atomic E-state index is 0. The second kappa shape index (κ2) is 10.1. The van der Waals surface area contributed by atoms with Crippen LogP contribution in [0.2, 0.25) is 10.2 Å². The first-order chi connectivity index (χ1) is 10.6. The summed E-state index contributed by atoms with van der Waals surface area (Å²) in [4.78, 5) is 4.54. The van der Waals surface area contributed by atoms with Crippen molar-refractivity contribution in [3.63, 3.8) is 0 Å². The number of furan rings is 1. The topological polar surface area (TPSA) is 54.5 Å². The quantitative estimate of drug-likeness (QED) is 0.383. The van der Waals surface area contributed by atoms with Crippen molar-refractivity contribution in [2.45, 2.75) is 19.9 Å². The van der Waals surface area contributed by atoms with Gasteiger partial charge in [-0.15, -0.1) is 24.0 Å². The van der Waals surface area contributed by atoms with Gasteiger partial charge in [0, 0.05) is 32.3 Å². The monoisotopic (exact) mass is 470 g/mol. The number of halogens is 3. The van der Waals surface area contributed by atoms with Gasteiger partial charge in [-0.25, -0.2) is 4.99 Å². The molecule has 5 nitrogen and oxygen atoms in total. The average Bonchev–Trinajstić information content (AvgIpc) is 3.10. The number of hydrogen-bond acceptors (Lipinski definition) is 2. The molecule has 23 heavy (non-hydrogen) atoms. The van der Waals surface area contributed by atoms with Crippen LogP contribution < -0.4 is 10.6 Å². The molecule has 0 amide bonds. The van der Waals surface area contributed by atoms with Gasteiger partial charge >= 0.3 is 0 Å². The van der Waals surface area contributed by atoms with E-state index in [2.05, 4.69) is 15.6 Å². The van der Waals surface area contributed by atoms with Gasteiger partial charge in [-0.1, -0.05) is 23.2 Å². The number of guanidine groups is 1. The van der Waals surface area contributed by atoms with Crippen LogP contribution in [-0.2, 0) is 20.0 Å². The molecule has 2 N–H and O–H groups in total. The number of nitrogens with zero attached hydrogens (tertiary/aromatic N) is 2. The summed E-state index contributed by atoms with van der Waals surface area (Å²) in [5.41, 5.74) is 0.957. The fraction of sp³-hybridized carbons (Fsp3) is 0.400. The number of aromatic nitrogens is 1. The van der Waals surface area contributed by atoms with Gasteiger partial charge < -0.3 is 19.6 Å². The molecule has 2 rings (SSSR count). The van der Waals surface area contributed by atoms with E-state index in [1.54, 1.807) is 6.26 Å². The maximum absolute atomic E-state index is 6.06. The lowest BCUT2D eigenvalue weighted by Crippen LogP contribution is -2.38. The highest BCUT2D eigenvalue weighted by Crippen LogP contribution is 2.25. The Morgan fingerprint density at radius 2 is 2.13 bits per heavy atom.